The number of carbonyl (C=O) groups excluding carboxylic acids is 1. The highest BCUT2D eigenvalue weighted by Crippen LogP contribution is 2.36. The van der Waals surface area contributed by atoms with Crippen LogP contribution in [0.2, 0.25) is 5.02 Å². The molecule has 1 unspecified atom stereocenters. The molecule has 1 heterocycles. The van der Waals surface area contributed by atoms with E-state index < -0.39 is 15.9 Å². The first kappa shape index (κ1) is 24.4. The number of sulfonamides is 1. The maximum absolute atomic E-state index is 12.9. The summed E-state index contributed by atoms with van der Waals surface area (Å²) in [7, 11) is -0.459. The van der Waals surface area contributed by atoms with Gasteiger partial charge in [-0.1, -0.05) is 41.9 Å². The molecule has 1 aliphatic heterocycles. The average Bonchev–Trinajstić information content (AvgIpc) is 2.80. The molecule has 7 nitrogen and oxygen atoms in total. The van der Waals surface area contributed by atoms with Gasteiger partial charge in [0.2, 0.25) is 15.9 Å². The fourth-order valence-electron chi connectivity index (χ4n) is 3.83. The van der Waals surface area contributed by atoms with Gasteiger partial charge < -0.3 is 14.8 Å². The van der Waals surface area contributed by atoms with E-state index in [1.165, 1.54) is 18.5 Å². The molecule has 1 amide bonds. The molecule has 1 atom stereocenters. The zero-order valence-corrected chi connectivity index (χ0v) is 19.9. The molecule has 0 saturated carbocycles. The lowest BCUT2D eigenvalue weighted by atomic mass is 9.98. The molecule has 1 N–H and O–H groups in total. The number of nitrogens with one attached hydrogen (secondary N) is 1. The number of anilines is 1. The summed E-state index contributed by atoms with van der Waals surface area (Å²) in [5, 5.41) is 3.21. The van der Waals surface area contributed by atoms with E-state index in [1.54, 1.807) is 12.1 Å². The molecule has 0 bridgehead atoms. The summed E-state index contributed by atoms with van der Waals surface area (Å²) in [6, 6.07) is 13.0. The highest BCUT2D eigenvalue weighted by molar-refractivity contribution is 7.89. The van der Waals surface area contributed by atoms with Gasteiger partial charge in [-0.15, -0.1) is 0 Å². The summed E-state index contributed by atoms with van der Waals surface area (Å²) < 4.78 is 37.7. The van der Waals surface area contributed by atoms with Crippen molar-refractivity contribution in [2.24, 2.45) is 5.92 Å². The average molecular weight is 481 g/mol. The molecule has 3 rings (SSSR count). The molecule has 174 valence electrons. The van der Waals surface area contributed by atoms with Crippen molar-refractivity contribution in [2.45, 2.75) is 25.7 Å². The van der Waals surface area contributed by atoms with Crippen molar-refractivity contribution in [3.05, 3.63) is 53.1 Å². The lowest BCUT2D eigenvalue weighted by molar-refractivity contribution is -0.120. The highest BCUT2D eigenvalue weighted by atomic mass is 35.5. The maximum Gasteiger partial charge on any atom is 0.228 e. The first-order chi connectivity index (χ1) is 15.3. The van der Waals surface area contributed by atoms with Crippen LogP contribution in [0, 0.1) is 5.92 Å². The van der Waals surface area contributed by atoms with Gasteiger partial charge in [0.15, 0.2) is 0 Å². The molecule has 1 aliphatic rings. The molecule has 1 saturated heterocycles. The van der Waals surface area contributed by atoms with Crippen molar-refractivity contribution in [1.82, 2.24) is 4.31 Å². The predicted octanol–water partition coefficient (Wildman–Crippen LogP) is 3.97. The second-order valence-corrected chi connectivity index (χ2v) is 10.3. The molecule has 0 spiro atoms. The molecule has 32 heavy (non-hydrogen) atoms. The third-order valence-corrected chi connectivity index (χ3v) is 7.81. The van der Waals surface area contributed by atoms with Crippen LogP contribution in [0.15, 0.2) is 42.5 Å². The van der Waals surface area contributed by atoms with Gasteiger partial charge in [-0.3, -0.25) is 4.79 Å². The van der Waals surface area contributed by atoms with Crippen molar-refractivity contribution >= 4 is 33.2 Å². The number of aryl methyl sites for hydroxylation is 1. The smallest absolute Gasteiger partial charge is 0.228 e. The number of methoxy groups -OCH3 is 2. The maximum atomic E-state index is 12.9. The number of piperidine rings is 1. The van der Waals surface area contributed by atoms with Crippen molar-refractivity contribution in [2.75, 3.05) is 38.4 Å². The van der Waals surface area contributed by atoms with E-state index in [1.807, 2.05) is 30.3 Å². The van der Waals surface area contributed by atoms with Gasteiger partial charge in [-0.25, -0.2) is 12.7 Å². The molecular formula is C23H29ClN2O5S. The van der Waals surface area contributed by atoms with E-state index in [9.17, 15) is 13.2 Å². The van der Waals surface area contributed by atoms with Crippen LogP contribution in [0.25, 0.3) is 0 Å². The minimum absolute atomic E-state index is 0.0679. The Kier molecular flexibility index (Phi) is 8.39. The number of nitrogens with zero attached hydrogens (tertiary/aromatic N) is 1. The molecule has 0 aliphatic carbocycles. The number of hydrogen-bond donors (Lipinski definition) is 1. The first-order valence-electron chi connectivity index (χ1n) is 10.6. The molecule has 0 radical (unpaired) electrons. The van der Waals surface area contributed by atoms with E-state index in [4.69, 9.17) is 21.1 Å². The van der Waals surface area contributed by atoms with Gasteiger partial charge in [-0.2, -0.15) is 0 Å². The Labute approximate surface area is 194 Å². The fourth-order valence-corrected chi connectivity index (χ4v) is 5.65. The first-order valence-corrected chi connectivity index (χ1v) is 12.6. The number of hydrogen-bond acceptors (Lipinski definition) is 5. The van der Waals surface area contributed by atoms with Crippen molar-refractivity contribution in [1.29, 1.82) is 0 Å². The quantitative estimate of drug-likeness (QED) is 0.587. The lowest BCUT2D eigenvalue weighted by Gasteiger charge is -2.31. The Morgan fingerprint density at radius 1 is 1.16 bits per heavy atom. The number of rotatable bonds is 9. The molecule has 2 aromatic carbocycles. The Morgan fingerprint density at radius 2 is 1.88 bits per heavy atom. The van der Waals surface area contributed by atoms with Crippen LogP contribution >= 0.6 is 11.6 Å². The van der Waals surface area contributed by atoms with Gasteiger partial charge in [0.05, 0.1) is 36.6 Å². The SMILES string of the molecule is COc1cc(NC(=O)C2CCCN(S(=O)(=O)CCCc3ccccc3)C2)c(OC)cc1Cl. The van der Waals surface area contributed by atoms with Crippen molar-refractivity contribution in [3.8, 4) is 11.5 Å². The van der Waals surface area contributed by atoms with Crippen LogP contribution in [0.3, 0.4) is 0 Å². The minimum atomic E-state index is -3.43. The largest absolute Gasteiger partial charge is 0.495 e. The van der Waals surface area contributed by atoms with Crippen LogP contribution in [0.4, 0.5) is 5.69 Å². The fraction of sp³-hybridized carbons (Fsp3) is 0.435. The Hall–Kier alpha value is -2.29. The topological polar surface area (TPSA) is 84.9 Å². The van der Waals surface area contributed by atoms with Gasteiger partial charge in [0.1, 0.15) is 11.5 Å². The monoisotopic (exact) mass is 480 g/mol. The van der Waals surface area contributed by atoms with E-state index in [0.29, 0.717) is 54.4 Å². The standard InChI is InChI=1S/C23H29ClN2O5S/c1-30-21-15-20(22(31-2)14-19(21)24)25-23(27)18-11-6-12-26(16-18)32(28,29)13-7-10-17-8-4-3-5-9-17/h3-5,8-9,14-15,18H,6-7,10-13,16H2,1-2H3,(H,25,27). The van der Waals surface area contributed by atoms with Crippen LogP contribution in [-0.2, 0) is 21.2 Å². The molecule has 0 aromatic heterocycles. The van der Waals surface area contributed by atoms with Crippen LogP contribution in [0.1, 0.15) is 24.8 Å². The molecular weight excluding hydrogens is 452 g/mol. The summed E-state index contributed by atoms with van der Waals surface area (Å²) in [5.41, 5.74) is 1.55. The molecule has 9 heteroatoms. The second-order valence-electron chi connectivity index (χ2n) is 7.78. The Balaban J connectivity index is 1.62. The summed E-state index contributed by atoms with van der Waals surface area (Å²) in [5.74, 6) is 0.189. The summed E-state index contributed by atoms with van der Waals surface area (Å²) in [6.07, 6.45) is 2.50. The highest BCUT2D eigenvalue weighted by Gasteiger charge is 2.32. The third kappa shape index (κ3) is 6.15. The van der Waals surface area contributed by atoms with Crippen molar-refractivity contribution in [3.63, 3.8) is 0 Å². The molecule has 2 aromatic rings. The van der Waals surface area contributed by atoms with Crippen molar-refractivity contribution < 1.29 is 22.7 Å². The van der Waals surface area contributed by atoms with Gasteiger partial charge >= 0.3 is 0 Å². The van der Waals surface area contributed by atoms with E-state index in [-0.39, 0.29) is 18.2 Å². The van der Waals surface area contributed by atoms with Gasteiger partial charge in [0, 0.05) is 25.2 Å². The predicted molar refractivity (Wildman–Crippen MR) is 126 cm³/mol. The van der Waals surface area contributed by atoms with E-state index in [2.05, 4.69) is 5.32 Å². The number of halogens is 1. The lowest BCUT2D eigenvalue weighted by Crippen LogP contribution is -2.44. The molecule has 1 fully saturated rings. The zero-order chi connectivity index (χ0) is 23.1. The number of ether oxygens (including phenoxy) is 2. The second kappa shape index (κ2) is 11.0. The normalized spacial score (nSPS) is 17.0. The minimum Gasteiger partial charge on any atom is -0.495 e. The van der Waals surface area contributed by atoms with Crippen LogP contribution in [-0.4, -0.2) is 51.7 Å². The zero-order valence-electron chi connectivity index (χ0n) is 18.3. The number of amides is 1. The summed E-state index contributed by atoms with van der Waals surface area (Å²) in [4.78, 5) is 12.9. The van der Waals surface area contributed by atoms with E-state index in [0.717, 1.165) is 5.56 Å². The third-order valence-electron chi connectivity index (χ3n) is 5.59. The summed E-state index contributed by atoms with van der Waals surface area (Å²) in [6.45, 7) is 0.613. The summed E-state index contributed by atoms with van der Waals surface area (Å²) >= 11 is 6.12. The van der Waals surface area contributed by atoms with Gasteiger partial charge in [0.25, 0.3) is 0 Å². The Morgan fingerprint density at radius 3 is 2.56 bits per heavy atom. The Bertz CT molecular complexity index is 1030. The van der Waals surface area contributed by atoms with Gasteiger partial charge in [-0.05, 0) is 31.2 Å². The van der Waals surface area contributed by atoms with Crippen LogP contribution in [0.5, 0.6) is 11.5 Å². The number of carbonyl (C=O) groups is 1. The number of benzene rings is 2. The van der Waals surface area contributed by atoms with Crippen LogP contribution < -0.4 is 14.8 Å². The van der Waals surface area contributed by atoms with E-state index >= 15 is 0 Å².